The number of hydrogen-bond acceptors (Lipinski definition) is 7. The highest BCUT2D eigenvalue weighted by molar-refractivity contribution is 7.89. The van der Waals surface area contributed by atoms with Crippen molar-refractivity contribution in [3.63, 3.8) is 0 Å². The van der Waals surface area contributed by atoms with Gasteiger partial charge in [0.15, 0.2) is 0 Å². The lowest BCUT2D eigenvalue weighted by Gasteiger charge is -2.42. The number of carbonyl (C=O) groups is 1. The molecule has 0 saturated carbocycles. The molecular weight excluding hydrogens is 628 g/mol. The van der Waals surface area contributed by atoms with Gasteiger partial charge >= 0.3 is 6.09 Å². The quantitative estimate of drug-likeness (QED) is 0.109. The Balaban J connectivity index is 0.00000576. The zero-order chi connectivity index (χ0) is 32.4. The standard InChI is InChI=1S/C34H42N4O6S.ClH/c1-4-21-37(34(39)44-26-28-15-17-31(18-16-28)38(40)41)32-20-23-36(27(2)24-32)22-19-30(29-11-7-5-8-12-29)25-35(3)45(42,43)33-13-9-6-10-14-33;/h4-18,27,30,32H,1,19-26H2,2-3H3;1H. The summed E-state index contributed by atoms with van der Waals surface area (Å²) < 4.78 is 33.6. The van der Waals surface area contributed by atoms with Gasteiger partial charge in [-0.25, -0.2) is 17.5 Å². The maximum Gasteiger partial charge on any atom is 0.410 e. The van der Waals surface area contributed by atoms with Gasteiger partial charge in [0, 0.05) is 50.9 Å². The number of likely N-dealkylation sites (tertiary alicyclic amines) is 1. The van der Waals surface area contributed by atoms with E-state index in [0.717, 1.165) is 37.9 Å². The first-order valence-corrected chi connectivity index (χ1v) is 16.6. The second-order valence-corrected chi connectivity index (χ2v) is 13.5. The Hall–Kier alpha value is -3.77. The Labute approximate surface area is 278 Å². The molecule has 46 heavy (non-hydrogen) atoms. The van der Waals surface area contributed by atoms with Gasteiger partial charge in [-0.1, -0.05) is 54.6 Å². The van der Waals surface area contributed by atoms with E-state index < -0.39 is 21.0 Å². The number of likely N-dealkylation sites (N-methyl/N-ethyl adjacent to an activating group) is 1. The van der Waals surface area contributed by atoms with Crippen LogP contribution in [0, 0.1) is 10.1 Å². The predicted octanol–water partition coefficient (Wildman–Crippen LogP) is 6.49. The van der Waals surface area contributed by atoms with Gasteiger partial charge in [-0.2, -0.15) is 0 Å². The average molecular weight is 671 g/mol. The first-order chi connectivity index (χ1) is 21.6. The van der Waals surface area contributed by atoms with Crippen molar-refractivity contribution in [2.45, 2.75) is 55.7 Å². The summed E-state index contributed by atoms with van der Waals surface area (Å²) in [5.41, 5.74) is 1.76. The number of sulfonamides is 1. The van der Waals surface area contributed by atoms with E-state index in [4.69, 9.17) is 4.74 Å². The molecule has 10 nitrogen and oxygen atoms in total. The van der Waals surface area contributed by atoms with Crippen molar-refractivity contribution in [1.82, 2.24) is 14.1 Å². The topological polar surface area (TPSA) is 113 Å². The number of hydrogen-bond donors (Lipinski definition) is 0. The molecule has 4 rings (SSSR count). The number of nitro benzene ring substituents is 1. The highest BCUT2D eigenvalue weighted by atomic mass is 35.5. The largest absolute Gasteiger partial charge is 0.445 e. The molecule has 3 atom stereocenters. The molecule has 12 heteroatoms. The van der Waals surface area contributed by atoms with Gasteiger partial charge in [0.1, 0.15) is 6.61 Å². The summed E-state index contributed by atoms with van der Waals surface area (Å²) in [7, 11) is -1.98. The fourth-order valence-corrected chi connectivity index (χ4v) is 7.09. The average Bonchev–Trinajstić information content (AvgIpc) is 3.05. The Morgan fingerprint density at radius 1 is 1.09 bits per heavy atom. The molecule has 1 amide bonds. The number of rotatable bonds is 14. The van der Waals surface area contributed by atoms with Gasteiger partial charge in [0.2, 0.25) is 10.0 Å². The SMILES string of the molecule is C=CCN(C(=O)OCc1ccc([N+](=O)[O-])cc1)C1CCN(CCC(CN(C)S(=O)(=O)c2ccccc2)c2ccccc2)C(C)C1.Cl. The van der Waals surface area contributed by atoms with Crippen molar-refractivity contribution in [3.05, 3.63) is 119 Å². The molecule has 0 aliphatic carbocycles. The maximum absolute atomic E-state index is 13.3. The van der Waals surface area contributed by atoms with E-state index in [1.807, 2.05) is 18.2 Å². The molecule has 0 aromatic heterocycles. The van der Waals surface area contributed by atoms with Crippen LogP contribution in [0.25, 0.3) is 0 Å². The van der Waals surface area contributed by atoms with Crippen molar-refractivity contribution in [2.24, 2.45) is 0 Å². The summed E-state index contributed by atoms with van der Waals surface area (Å²) in [5, 5.41) is 10.9. The smallest absolute Gasteiger partial charge is 0.410 e. The van der Waals surface area contributed by atoms with Crippen molar-refractivity contribution in [1.29, 1.82) is 0 Å². The van der Waals surface area contributed by atoms with E-state index in [0.29, 0.717) is 18.7 Å². The Morgan fingerprint density at radius 3 is 2.30 bits per heavy atom. The number of nitrogens with zero attached hydrogens (tertiary/aromatic N) is 4. The predicted molar refractivity (Wildman–Crippen MR) is 182 cm³/mol. The van der Waals surface area contributed by atoms with Gasteiger partial charge in [0.05, 0.1) is 9.82 Å². The minimum Gasteiger partial charge on any atom is -0.445 e. The number of non-ortho nitro benzene ring substituents is 1. The normalized spacial score (nSPS) is 17.5. The van der Waals surface area contributed by atoms with Crippen LogP contribution in [0.3, 0.4) is 0 Å². The molecule has 3 aromatic rings. The van der Waals surface area contributed by atoms with Crippen molar-refractivity contribution >= 4 is 34.2 Å². The van der Waals surface area contributed by atoms with Crippen LogP contribution >= 0.6 is 12.4 Å². The molecule has 1 aliphatic heterocycles. The lowest BCUT2D eigenvalue weighted by atomic mass is 9.93. The second-order valence-electron chi connectivity index (χ2n) is 11.5. The highest BCUT2D eigenvalue weighted by Crippen LogP contribution is 2.28. The molecule has 1 aliphatic rings. The van der Waals surface area contributed by atoms with Crippen LogP contribution in [0.5, 0.6) is 0 Å². The third-order valence-corrected chi connectivity index (χ3v) is 10.3. The van der Waals surface area contributed by atoms with E-state index in [1.54, 1.807) is 60.5 Å². The van der Waals surface area contributed by atoms with Crippen LogP contribution in [-0.2, 0) is 21.4 Å². The number of nitro groups is 1. The van der Waals surface area contributed by atoms with Crippen LogP contribution < -0.4 is 0 Å². The first kappa shape index (κ1) is 36.7. The van der Waals surface area contributed by atoms with Crippen molar-refractivity contribution in [3.8, 4) is 0 Å². The van der Waals surface area contributed by atoms with Gasteiger partial charge in [-0.05, 0) is 74.0 Å². The van der Waals surface area contributed by atoms with Crippen LogP contribution in [0.15, 0.2) is 102 Å². The van der Waals surface area contributed by atoms with Crippen LogP contribution in [0.1, 0.15) is 43.2 Å². The maximum atomic E-state index is 13.3. The van der Waals surface area contributed by atoms with Crippen molar-refractivity contribution in [2.75, 3.05) is 33.2 Å². The van der Waals surface area contributed by atoms with Gasteiger partial charge in [-0.15, -0.1) is 19.0 Å². The minimum absolute atomic E-state index is 0. The summed E-state index contributed by atoms with van der Waals surface area (Å²) in [6, 6.07) is 24.7. The van der Waals surface area contributed by atoms with Gasteiger partial charge in [0.25, 0.3) is 5.69 Å². The molecule has 0 radical (unpaired) electrons. The van der Waals surface area contributed by atoms with Crippen LogP contribution in [0.2, 0.25) is 0 Å². The zero-order valence-corrected chi connectivity index (χ0v) is 27.9. The molecule has 0 N–H and O–H groups in total. The van der Waals surface area contributed by atoms with Crippen LogP contribution in [0.4, 0.5) is 10.5 Å². The van der Waals surface area contributed by atoms with E-state index >= 15 is 0 Å². The fraction of sp³-hybridized carbons (Fsp3) is 0.382. The number of halogens is 1. The number of ether oxygens (including phenoxy) is 1. The number of benzene rings is 3. The number of amides is 1. The Kier molecular flexibility index (Phi) is 13.7. The van der Waals surface area contributed by atoms with Gasteiger partial charge < -0.3 is 14.5 Å². The Morgan fingerprint density at radius 2 is 1.72 bits per heavy atom. The van der Waals surface area contributed by atoms with E-state index in [1.165, 1.54) is 16.4 Å². The summed E-state index contributed by atoms with van der Waals surface area (Å²) in [4.78, 5) is 28.0. The molecule has 0 spiro atoms. The second kappa shape index (κ2) is 17.2. The Bertz CT molecular complexity index is 1530. The summed E-state index contributed by atoms with van der Waals surface area (Å²) in [6.07, 6.45) is 3.56. The van der Waals surface area contributed by atoms with Crippen molar-refractivity contribution < 1.29 is 22.9 Å². The molecule has 3 aromatic carbocycles. The monoisotopic (exact) mass is 670 g/mol. The third-order valence-electron chi connectivity index (χ3n) is 8.46. The fourth-order valence-electron chi connectivity index (χ4n) is 5.86. The number of piperidine rings is 1. The van der Waals surface area contributed by atoms with E-state index in [9.17, 15) is 23.3 Å². The summed E-state index contributed by atoms with van der Waals surface area (Å²) in [6.45, 7) is 8.30. The minimum atomic E-state index is -3.62. The highest BCUT2D eigenvalue weighted by Gasteiger charge is 2.33. The van der Waals surface area contributed by atoms with Gasteiger partial charge in [-0.3, -0.25) is 10.1 Å². The molecule has 3 unspecified atom stereocenters. The molecular formula is C34H43ClN4O6S. The molecule has 1 fully saturated rings. The molecule has 0 bridgehead atoms. The lowest BCUT2D eigenvalue weighted by molar-refractivity contribution is -0.384. The molecule has 248 valence electrons. The molecule has 1 heterocycles. The first-order valence-electron chi connectivity index (χ1n) is 15.2. The summed E-state index contributed by atoms with van der Waals surface area (Å²) in [5.74, 6) is 0.00581. The van der Waals surface area contributed by atoms with Crippen LogP contribution in [-0.4, -0.2) is 78.8 Å². The lowest BCUT2D eigenvalue weighted by Crippen LogP contribution is -2.51. The third kappa shape index (κ3) is 9.62. The summed E-state index contributed by atoms with van der Waals surface area (Å²) >= 11 is 0. The zero-order valence-electron chi connectivity index (χ0n) is 26.3. The number of carbonyl (C=O) groups excluding carboxylic acids is 1. The van der Waals surface area contributed by atoms with E-state index in [2.05, 4.69) is 30.5 Å². The van der Waals surface area contributed by atoms with E-state index in [-0.39, 0.29) is 47.6 Å². The molecule has 1 saturated heterocycles.